The Morgan fingerprint density at radius 1 is 0.638 bits per heavy atom. The first-order chi connectivity index (χ1) is 28.3. The molecule has 0 aliphatic carbocycles. The lowest BCUT2D eigenvalue weighted by Gasteiger charge is -2.32. The summed E-state index contributed by atoms with van der Waals surface area (Å²) >= 11 is 2.65. The van der Waals surface area contributed by atoms with Crippen molar-refractivity contribution in [2.45, 2.75) is 50.3 Å². The molecule has 58 heavy (non-hydrogen) atoms. The highest BCUT2D eigenvalue weighted by atomic mass is 32.2. The van der Waals surface area contributed by atoms with Gasteiger partial charge in [-0.3, -0.25) is 39.0 Å². The summed E-state index contributed by atoms with van der Waals surface area (Å²) < 4.78 is 21.5. The van der Waals surface area contributed by atoms with Crippen LogP contribution in [0.2, 0.25) is 0 Å². The molecule has 0 spiro atoms. The molecule has 4 aromatic carbocycles. The van der Waals surface area contributed by atoms with Crippen molar-refractivity contribution in [3.05, 3.63) is 108 Å². The third kappa shape index (κ3) is 9.92. The second kappa shape index (κ2) is 19.0. The molecule has 2 fully saturated rings. The number of hydrogen-bond acceptors (Lipinski definition) is 12. The minimum Gasteiger partial charge on any atom is -0.454 e. The third-order valence-corrected chi connectivity index (χ3v) is 11.6. The Bertz CT molecular complexity index is 2210. The van der Waals surface area contributed by atoms with Crippen LogP contribution in [-0.4, -0.2) is 80.9 Å². The highest BCUT2D eigenvalue weighted by Gasteiger charge is 2.37. The quantitative estimate of drug-likeness (QED) is 0.180. The van der Waals surface area contributed by atoms with E-state index in [0.29, 0.717) is 65.1 Å². The van der Waals surface area contributed by atoms with E-state index in [1.165, 1.54) is 23.5 Å². The number of anilines is 2. The largest absolute Gasteiger partial charge is 0.454 e. The van der Waals surface area contributed by atoms with Gasteiger partial charge in [-0.15, -0.1) is 0 Å². The fraction of sp³-hybridized carbons (Fsp3) is 0.286. The van der Waals surface area contributed by atoms with Crippen LogP contribution in [0.3, 0.4) is 0 Å². The first-order valence-electron chi connectivity index (χ1n) is 18.8. The molecule has 4 aliphatic heterocycles. The van der Waals surface area contributed by atoms with Gasteiger partial charge in [-0.2, -0.15) is 0 Å². The monoisotopic (exact) mass is 822 g/mol. The standard InChI is InChI=1S/2C21H21N3O4S/c1-2-24-19(25)11-18(20(26)23-15-6-4-3-5-7-15)29-21(24)22-12-14-8-9-16-17(10-14)28-13-27-16;1-2-22-21-24(12-14-8-9-16-17(10-14)28-13-27-16)19(25)11-18(29-21)20(26)23-15-6-4-3-5-7-15/h2*3-10,18H,2,11-13H2,1H3,(H,23,26). The zero-order valence-corrected chi connectivity index (χ0v) is 33.6. The number of benzene rings is 4. The molecular formula is C42H42N6O8S2. The summed E-state index contributed by atoms with van der Waals surface area (Å²) in [6.45, 7) is 6.03. The molecule has 2 saturated heterocycles. The van der Waals surface area contributed by atoms with Gasteiger partial charge in [-0.25, -0.2) is 0 Å². The van der Waals surface area contributed by atoms with Crippen LogP contribution in [0, 0.1) is 0 Å². The average molecular weight is 823 g/mol. The molecule has 14 nitrogen and oxygen atoms in total. The topological polar surface area (TPSA) is 160 Å². The van der Waals surface area contributed by atoms with E-state index in [0.717, 1.165) is 16.9 Å². The van der Waals surface area contributed by atoms with Crippen molar-refractivity contribution in [3.8, 4) is 23.0 Å². The van der Waals surface area contributed by atoms with E-state index < -0.39 is 10.5 Å². The number of nitrogens with one attached hydrogen (secondary N) is 2. The second-order valence-corrected chi connectivity index (χ2v) is 15.5. The molecule has 0 saturated carbocycles. The normalized spacial score (nSPS) is 19.5. The van der Waals surface area contributed by atoms with E-state index in [-0.39, 0.29) is 50.1 Å². The van der Waals surface area contributed by atoms with Crippen LogP contribution in [0.4, 0.5) is 11.4 Å². The number of nitrogens with zero attached hydrogens (tertiary/aromatic N) is 4. The summed E-state index contributed by atoms with van der Waals surface area (Å²) in [7, 11) is 0. The Labute approximate surface area is 344 Å². The van der Waals surface area contributed by atoms with Crippen molar-refractivity contribution in [3.63, 3.8) is 0 Å². The molecule has 2 N–H and O–H groups in total. The smallest absolute Gasteiger partial charge is 0.238 e. The van der Waals surface area contributed by atoms with E-state index in [2.05, 4.69) is 20.6 Å². The number of rotatable bonds is 10. The molecule has 4 amide bonds. The fourth-order valence-corrected chi connectivity index (χ4v) is 8.55. The van der Waals surface area contributed by atoms with Gasteiger partial charge in [0.15, 0.2) is 33.3 Å². The van der Waals surface area contributed by atoms with Gasteiger partial charge < -0.3 is 29.6 Å². The van der Waals surface area contributed by atoms with Gasteiger partial charge in [0.1, 0.15) is 10.5 Å². The van der Waals surface area contributed by atoms with Crippen molar-refractivity contribution in [2.75, 3.05) is 37.3 Å². The molecular weight excluding hydrogens is 781 g/mol. The number of ether oxygens (including phenoxy) is 4. The van der Waals surface area contributed by atoms with Crippen molar-refractivity contribution >= 4 is 68.9 Å². The molecule has 4 heterocycles. The molecule has 8 rings (SSSR count). The van der Waals surface area contributed by atoms with Crippen LogP contribution < -0.4 is 29.6 Å². The van der Waals surface area contributed by atoms with Gasteiger partial charge in [-0.1, -0.05) is 72.1 Å². The molecule has 300 valence electrons. The van der Waals surface area contributed by atoms with Crippen LogP contribution in [-0.2, 0) is 32.3 Å². The van der Waals surface area contributed by atoms with Gasteiger partial charge in [0.2, 0.25) is 37.2 Å². The summed E-state index contributed by atoms with van der Waals surface area (Å²) in [5.74, 6) is 2.19. The Balaban J connectivity index is 0.000000177. The summed E-state index contributed by atoms with van der Waals surface area (Å²) in [6, 6.07) is 29.7. The first kappa shape index (κ1) is 40.2. The Hall–Kier alpha value is -6.00. The number of carbonyl (C=O) groups is 4. The lowest BCUT2D eigenvalue weighted by molar-refractivity contribution is -0.129. The lowest BCUT2D eigenvalue weighted by Crippen LogP contribution is -2.45. The molecule has 0 aromatic heterocycles. The molecule has 4 aliphatic rings. The summed E-state index contributed by atoms with van der Waals surface area (Å²) in [4.78, 5) is 63.2. The van der Waals surface area contributed by atoms with Crippen LogP contribution in [0.5, 0.6) is 23.0 Å². The van der Waals surface area contributed by atoms with Gasteiger partial charge in [-0.05, 0) is 73.5 Å². The van der Waals surface area contributed by atoms with Gasteiger partial charge in [0.25, 0.3) is 0 Å². The van der Waals surface area contributed by atoms with Crippen LogP contribution in [0.25, 0.3) is 0 Å². The number of para-hydroxylation sites is 2. The number of hydrogen-bond donors (Lipinski definition) is 2. The molecule has 16 heteroatoms. The summed E-state index contributed by atoms with van der Waals surface area (Å²) in [5, 5.41) is 5.85. The van der Waals surface area contributed by atoms with Crippen LogP contribution in [0.15, 0.2) is 107 Å². The Morgan fingerprint density at radius 3 is 1.66 bits per heavy atom. The highest BCUT2D eigenvalue weighted by Crippen LogP contribution is 2.36. The zero-order valence-electron chi connectivity index (χ0n) is 31.9. The molecule has 4 aromatic rings. The van der Waals surface area contributed by atoms with Gasteiger partial charge >= 0.3 is 0 Å². The summed E-state index contributed by atoms with van der Waals surface area (Å²) in [5.41, 5.74) is 3.28. The first-order valence-corrected chi connectivity index (χ1v) is 20.6. The summed E-state index contributed by atoms with van der Waals surface area (Å²) in [6.07, 6.45) is 0.275. The van der Waals surface area contributed by atoms with Crippen molar-refractivity contribution in [1.82, 2.24) is 9.80 Å². The predicted octanol–water partition coefficient (Wildman–Crippen LogP) is 6.53. The van der Waals surface area contributed by atoms with E-state index in [9.17, 15) is 19.2 Å². The Kier molecular flexibility index (Phi) is 13.1. The maximum absolute atomic E-state index is 12.9. The van der Waals surface area contributed by atoms with E-state index in [1.54, 1.807) is 9.80 Å². The molecule has 0 bridgehead atoms. The number of carbonyl (C=O) groups excluding carboxylic acids is 4. The number of aliphatic imine (C=N–C) groups is 2. The fourth-order valence-electron chi connectivity index (χ4n) is 6.26. The zero-order chi connectivity index (χ0) is 40.4. The number of thioether (sulfide) groups is 2. The van der Waals surface area contributed by atoms with Gasteiger partial charge in [0, 0.05) is 37.3 Å². The van der Waals surface area contributed by atoms with Crippen molar-refractivity contribution in [1.29, 1.82) is 0 Å². The van der Waals surface area contributed by atoms with Gasteiger partial charge in [0.05, 0.1) is 13.1 Å². The number of fused-ring (bicyclic) bond motifs is 2. The predicted molar refractivity (Wildman–Crippen MR) is 224 cm³/mol. The van der Waals surface area contributed by atoms with Crippen molar-refractivity contribution in [2.24, 2.45) is 9.98 Å². The van der Waals surface area contributed by atoms with E-state index in [1.807, 2.05) is 111 Å². The van der Waals surface area contributed by atoms with E-state index in [4.69, 9.17) is 18.9 Å². The molecule has 0 radical (unpaired) electrons. The number of amides is 4. The third-order valence-electron chi connectivity index (χ3n) is 9.17. The maximum atomic E-state index is 12.9. The van der Waals surface area contributed by atoms with Crippen molar-refractivity contribution < 1.29 is 38.1 Å². The SMILES string of the molecule is CCN1C(=O)CC(C(=O)Nc2ccccc2)SC1=NCc1ccc2c(c1)OCO2.CCN=C1SC(C(=O)Nc2ccccc2)CC(=O)N1Cc1ccc2c(c1)OCO2. The minimum absolute atomic E-state index is 0.0936. The molecule has 2 unspecified atom stereocenters. The Morgan fingerprint density at radius 2 is 1.12 bits per heavy atom. The van der Waals surface area contributed by atoms with Crippen LogP contribution >= 0.6 is 23.5 Å². The number of amidine groups is 2. The highest BCUT2D eigenvalue weighted by molar-refractivity contribution is 8.15. The maximum Gasteiger partial charge on any atom is 0.238 e. The molecule has 2 atom stereocenters. The lowest BCUT2D eigenvalue weighted by atomic mass is 10.1. The van der Waals surface area contributed by atoms with Crippen LogP contribution in [0.1, 0.15) is 37.8 Å². The van der Waals surface area contributed by atoms with E-state index >= 15 is 0 Å². The minimum atomic E-state index is -0.513. The average Bonchev–Trinajstić information content (AvgIpc) is 3.91. The second-order valence-electron chi connectivity index (χ2n) is 13.2.